The van der Waals surface area contributed by atoms with Gasteiger partial charge in [0.25, 0.3) is 0 Å². The van der Waals surface area contributed by atoms with Crippen LogP contribution >= 0.6 is 0 Å². The molecule has 0 bridgehead atoms. The van der Waals surface area contributed by atoms with Crippen molar-refractivity contribution in [1.82, 2.24) is 15.5 Å². The lowest BCUT2D eigenvalue weighted by Crippen LogP contribution is -2.57. The molecule has 6 N–H and O–H groups in total. The number of nitrogens with zero attached hydrogens (tertiary/aromatic N) is 1. The Balaban J connectivity index is 2.83. The Bertz CT molecular complexity index is 608. The summed E-state index contributed by atoms with van der Waals surface area (Å²) in [6.07, 6.45) is 0.372. The minimum Gasteiger partial charge on any atom is -0.481 e. The minimum atomic E-state index is -1.30. The molecule has 1 heterocycles. The van der Waals surface area contributed by atoms with Crippen LogP contribution in [0, 0.1) is 5.92 Å². The molecule has 0 radical (unpaired) electrons. The molecule has 3 amide bonds. The second kappa shape index (κ2) is 9.86. The van der Waals surface area contributed by atoms with Crippen molar-refractivity contribution in [1.29, 1.82) is 0 Å². The van der Waals surface area contributed by atoms with E-state index < -0.39 is 60.8 Å². The van der Waals surface area contributed by atoms with E-state index in [0.717, 1.165) is 0 Å². The van der Waals surface area contributed by atoms with Gasteiger partial charge < -0.3 is 31.5 Å². The first-order chi connectivity index (χ1) is 12.5. The molecule has 11 heteroatoms. The van der Waals surface area contributed by atoms with Crippen molar-refractivity contribution in [3.8, 4) is 0 Å². The predicted molar refractivity (Wildman–Crippen MR) is 92.4 cm³/mol. The van der Waals surface area contributed by atoms with Crippen molar-refractivity contribution < 1.29 is 34.2 Å². The second-order valence-corrected chi connectivity index (χ2v) is 6.74. The molecule has 11 nitrogen and oxygen atoms in total. The van der Waals surface area contributed by atoms with Crippen LogP contribution in [0.5, 0.6) is 0 Å². The summed E-state index contributed by atoms with van der Waals surface area (Å²) in [5, 5.41) is 22.1. The molecule has 0 aromatic heterocycles. The Morgan fingerprint density at radius 1 is 1.15 bits per heavy atom. The number of rotatable bonds is 9. The van der Waals surface area contributed by atoms with Crippen LogP contribution in [0.1, 0.15) is 33.1 Å². The molecule has 1 rings (SSSR count). The Morgan fingerprint density at radius 2 is 1.78 bits per heavy atom. The van der Waals surface area contributed by atoms with Crippen molar-refractivity contribution in [2.75, 3.05) is 13.1 Å². The maximum absolute atomic E-state index is 12.9. The summed E-state index contributed by atoms with van der Waals surface area (Å²) in [7, 11) is 0. The van der Waals surface area contributed by atoms with Crippen LogP contribution in [0.4, 0.5) is 0 Å². The van der Waals surface area contributed by atoms with Gasteiger partial charge in [-0.1, -0.05) is 13.8 Å². The fourth-order valence-corrected chi connectivity index (χ4v) is 2.82. The lowest BCUT2D eigenvalue weighted by Gasteiger charge is -2.31. The molecule has 27 heavy (non-hydrogen) atoms. The highest BCUT2D eigenvalue weighted by molar-refractivity contribution is 5.94. The van der Waals surface area contributed by atoms with Gasteiger partial charge in [0, 0.05) is 6.54 Å². The normalized spacial score (nSPS) is 18.7. The number of nitrogens with one attached hydrogen (secondary N) is 2. The molecule has 0 aromatic rings. The first-order valence-electron chi connectivity index (χ1n) is 8.62. The fraction of sp³-hybridized carbons (Fsp3) is 0.688. The zero-order chi connectivity index (χ0) is 20.7. The molecule has 1 aliphatic heterocycles. The summed E-state index contributed by atoms with van der Waals surface area (Å²) < 4.78 is 0. The third-order valence-corrected chi connectivity index (χ3v) is 4.21. The van der Waals surface area contributed by atoms with E-state index in [1.54, 1.807) is 13.8 Å². The smallest absolute Gasteiger partial charge is 0.322 e. The molecule has 3 atom stereocenters. The van der Waals surface area contributed by atoms with Gasteiger partial charge in [-0.3, -0.25) is 24.0 Å². The van der Waals surface area contributed by atoms with E-state index in [-0.39, 0.29) is 5.92 Å². The number of nitrogens with two attached hydrogens (primary N) is 1. The van der Waals surface area contributed by atoms with E-state index in [4.69, 9.17) is 15.9 Å². The van der Waals surface area contributed by atoms with E-state index in [2.05, 4.69) is 10.6 Å². The zero-order valence-electron chi connectivity index (χ0n) is 15.3. The second-order valence-electron chi connectivity index (χ2n) is 6.74. The van der Waals surface area contributed by atoms with Crippen LogP contribution in [0.25, 0.3) is 0 Å². The van der Waals surface area contributed by atoms with Gasteiger partial charge in [-0.25, -0.2) is 0 Å². The van der Waals surface area contributed by atoms with Gasteiger partial charge in [-0.15, -0.1) is 0 Å². The van der Waals surface area contributed by atoms with Crippen molar-refractivity contribution in [2.45, 2.75) is 51.2 Å². The third kappa shape index (κ3) is 6.51. The molecule has 1 aliphatic rings. The van der Waals surface area contributed by atoms with Gasteiger partial charge >= 0.3 is 11.9 Å². The Kier molecular flexibility index (Phi) is 8.16. The molecular weight excluding hydrogens is 360 g/mol. The molecule has 0 aliphatic carbocycles. The van der Waals surface area contributed by atoms with Crippen molar-refractivity contribution >= 4 is 29.7 Å². The lowest BCUT2D eigenvalue weighted by molar-refractivity contribution is -0.144. The number of likely N-dealkylation sites (tertiary alicyclic amines) is 1. The highest BCUT2D eigenvalue weighted by Crippen LogP contribution is 2.20. The average Bonchev–Trinajstić information content (AvgIpc) is 3.05. The summed E-state index contributed by atoms with van der Waals surface area (Å²) in [5.74, 6) is -4.59. The standard InChI is InChI=1S/C16H26N4O7/c1-8(2)13(19-14(25)9(17)6-11(21)22)16(27)20-5-3-4-10(20)15(26)18-7-12(23)24/h8-10,13H,3-7,17H2,1-2H3,(H,18,26)(H,19,25)(H,21,22)(H,23,24). The summed E-state index contributed by atoms with van der Waals surface area (Å²) in [6.45, 7) is 3.14. The number of hydrogen-bond donors (Lipinski definition) is 5. The lowest BCUT2D eigenvalue weighted by atomic mass is 10.0. The van der Waals surface area contributed by atoms with Crippen LogP contribution in [0.2, 0.25) is 0 Å². The van der Waals surface area contributed by atoms with Crippen molar-refractivity contribution in [3.63, 3.8) is 0 Å². The molecule has 1 saturated heterocycles. The van der Waals surface area contributed by atoms with Gasteiger partial charge in [0.15, 0.2) is 0 Å². The third-order valence-electron chi connectivity index (χ3n) is 4.21. The number of amides is 3. The van der Waals surface area contributed by atoms with Crippen LogP contribution in [0.3, 0.4) is 0 Å². The summed E-state index contributed by atoms with van der Waals surface area (Å²) in [4.78, 5) is 59.7. The highest BCUT2D eigenvalue weighted by atomic mass is 16.4. The molecule has 1 fully saturated rings. The topological polar surface area (TPSA) is 179 Å². The predicted octanol–water partition coefficient (Wildman–Crippen LogP) is -1.88. The van der Waals surface area contributed by atoms with Gasteiger partial charge in [0.05, 0.1) is 12.5 Å². The molecule has 0 aromatic carbocycles. The first-order valence-corrected chi connectivity index (χ1v) is 8.62. The fourth-order valence-electron chi connectivity index (χ4n) is 2.82. The number of hydrogen-bond acceptors (Lipinski definition) is 6. The maximum atomic E-state index is 12.9. The minimum absolute atomic E-state index is 0.296. The Hall–Kier alpha value is -2.69. The molecule has 3 unspecified atom stereocenters. The van der Waals surface area contributed by atoms with E-state index in [1.807, 2.05) is 0 Å². The monoisotopic (exact) mass is 386 g/mol. The SMILES string of the molecule is CC(C)C(NC(=O)C(N)CC(=O)O)C(=O)N1CCCC1C(=O)NCC(=O)O. The number of carbonyl (C=O) groups is 5. The Labute approximate surface area is 156 Å². The molecule has 0 saturated carbocycles. The van der Waals surface area contributed by atoms with Gasteiger partial charge in [0.1, 0.15) is 18.6 Å². The van der Waals surface area contributed by atoms with Crippen LogP contribution in [-0.2, 0) is 24.0 Å². The first kappa shape index (κ1) is 22.4. The molecule has 152 valence electrons. The number of aliphatic carboxylic acids is 2. The van der Waals surface area contributed by atoms with Crippen molar-refractivity contribution in [3.05, 3.63) is 0 Å². The summed E-state index contributed by atoms with van der Waals surface area (Å²) in [5.41, 5.74) is 5.53. The number of carbonyl (C=O) groups excluding carboxylic acids is 3. The largest absolute Gasteiger partial charge is 0.481 e. The van der Waals surface area contributed by atoms with Gasteiger partial charge in [-0.05, 0) is 18.8 Å². The van der Waals surface area contributed by atoms with Crippen molar-refractivity contribution in [2.24, 2.45) is 11.7 Å². The van der Waals surface area contributed by atoms with Crippen LogP contribution < -0.4 is 16.4 Å². The molecule has 0 spiro atoms. The summed E-state index contributed by atoms with van der Waals surface area (Å²) >= 11 is 0. The van der Waals surface area contributed by atoms with Gasteiger partial charge in [-0.2, -0.15) is 0 Å². The zero-order valence-corrected chi connectivity index (χ0v) is 15.3. The molecular formula is C16H26N4O7. The highest BCUT2D eigenvalue weighted by Gasteiger charge is 2.39. The Morgan fingerprint density at radius 3 is 2.30 bits per heavy atom. The average molecular weight is 386 g/mol. The van der Waals surface area contributed by atoms with E-state index in [9.17, 15) is 24.0 Å². The summed E-state index contributed by atoms with van der Waals surface area (Å²) in [6, 6.07) is -3.10. The number of carboxylic acids is 2. The van der Waals surface area contributed by atoms with E-state index >= 15 is 0 Å². The van der Waals surface area contributed by atoms with E-state index in [1.165, 1.54) is 4.90 Å². The van der Waals surface area contributed by atoms with Gasteiger partial charge in [0.2, 0.25) is 17.7 Å². The maximum Gasteiger partial charge on any atom is 0.322 e. The quantitative estimate of drug-likeness (QED) is 0.305. The van der Waals surface area contributed by atoms with Crippen LogP contribution in [-0.4, -0.2) is 76.0 Å². The number of carboxylic acid groups (broad SMARTS) is 2. The van der Waals surface area contributed by atoms with E-state index in [0.29, 0.717) is 19.4 Å². The van der Waals surface area contributed by atoms with Crippen LogP contribution in [0.15, 0.2) is 0 Å².